The Balaban J connectivity index is 2.53. The summed E-state index contributed by atoms with van der Waals surface area (Å²) >= 11 is 0. The molecule has 0 fully saturated rings. The SMILES string of the molecule is NC(=O)COC(=O)CCS(=O)(=O)c1ccccc1. The van der Waals surface area contributed by atoms with Crippen molar-refractivity contribution in [2.45, 2.75) is 11.3 Å². The van der Waals surface area contributed by atoms with Crippen LogP contribution in [0.15, 0.2) is 35.2 Å². The number of rotatable bonds is 6. The van der Waals surface area contributed by atoms with Gasteiger partial charge in [0.1, 0.15) is 0 Å². The minimum Gasteiger partial charge on any atom is -0.456 e. The number of carbonyl (C=O) groups is 2. The van der Waals surface area contributed by atoms with Gasteiger partial charge in [-0.05, 0) is 12.1 Å². The van der Waals surface area contributed by atoms with Crippen molar-refractivity contribution in [2.24, 2.45) is 5.73 Å². The predicted octanol–water partition coefficient (Wildman–Crippen LogP) is -0.121. The summed E-state index contributed by atoms with van der Waals surface area (Å²) in [5.74, 6) is -1.92. The maximum Gasteiger partial charge on any atom is 0.307 e. The summed E-state index contributed by atoms with van der Waals surface area (Å²) < 4.78 is 28.0. The van der Waals surface area contributed by atoms with Gasteiger partial charge in [-0.15, -0.1) is 0 Å². The largest absolute Gasteiger partial charge is 0.456 e. The highest BCUT2D eigenvalue weighted by Gasteiger charge is 2.16. The second-order valence-corrected chi connectivity index (χ2v) is 5.62. The van der Waals surface area contributed by atoms with Crippen LogP contribution < -0.4 is 5.73 Å². The third-order valence-corrected chi connectivity index (χ3v) is 3.78. The molecule has 0 atom stereocenters. The highest BCUT2D eigenvalue weighted by molar-refractivity contribution is 7.91. The molecule has 1 amide bonds. The molecule has 0 spiro atoms. The van der Waals surface area contributed by atoms with Crippen LogP contribution in [0.3, 0.4) is 0 Å². The highest BCUT2D eigenvalue weighted by Crippen LogP contribution is 2.11. The monoisotopic (exact) mass is 271 g/mol. The van der Waals surface area contributed by atoms with Gasteiger partial charge in [0.05, 0.1) is 17.1 Å². The van der Waals surface area contributed by atoms with E-state index in [-0.39, 0.29) is 17.1 Å². The number of primary amides is 1. The molecule has 0 saturated heterocycles. The van der Waals surface area contributed by atoms with Crippen LogP contribution in [0.25, 0.3) is 0 Å². The fourth-order valence-electron chi connectivity index (χ4n) is 1.19. The normalized spacial score (nSPS) is 10.9. The maximum atomic E-state index is 11.8. The van der Waals surface area contributed by atoms with Crippen LogP contribution in [-0.4, -0.2) is 32.7 Å². The Morgan fingerprint density at radius 1 is 1.17 bits per heavy atom. The molecule has 1 aromatic carbocycles. The van der Waals surface area contributed by atoms with Crippen LogP contribution in [0.4, 0.5) is 0 Å². The van der Waals surface area contributed by atoms with Gasteiger partial charge in [0, 0.05) is 0 Å². The Morgan fingerprint density at radius 2 is 1.78 bits per heavy atom. The molecule has 18 heavy (non-hydrogen) atoms. The Labute approximate surface area is 105 Å². The molecule has 0 aliphatic rings. The zero-order chi connectivity index (χ0) is 13.6. The van der Waals surface area contributed by atoms with Crippen molar-refractivity contribution in [3.8, 4) is 0 Å². The van der Waals surface area contributed by atoms with Crippen LogP contribution in [0, 0.1) is 0 Å². The fourth-order valence-corrected chi connectivity index (χ4v) is 2.43. The smallest absolute Gasteiger partial charge is 0.307 e. The molecule has 0 bridgehead atoms. The van der Waals surface area contributed by atoms with Crippen molar-refractivity contribution in [1.82, 2.24) is 0 Å². The molecule has 0 unspecified atom stereocenters. The Morgan fingerprint density at radius 3 is 2.33 bits per heavy atom. The van der Waals surface area contributed by atoms with Crippen LogP contribution in [0.1, 0.15) is 6.42 Å². The summed E-state index contributed by atoms with van der Waals surface area (Å²) in [7, 11) is -3.51. The molecule has 2 N–H and O–H groups in total. The average molecular weight is 271 g/mol. The van der Waals surface area contributed by atoms with Gasteiger partial charge in [-0.3, -0.25) is 9.59 Å². The average Bonchev–Trinajstić information content (AvgIpc) is 2.35. The van der Waals surface area contributed by atoms with Crippen molar-refractivity contribution >= 4 is 21.7 Å². The quantitative estimate of drug-likeness (QED) is 0.726. The molecule has 0 saturated carbocycles. The molecule has 7 heteroatoms. The number of carbonyl (C=O) groups excluding carboxylic acids is 2. The Bertz CT molecular complexity index is 524. The lowest BCUT2D eigenvalue weighted by atomic mass is 10.4. The molecule has 0 aliphatic carbocycles. The number of sulfone groups is 1. The fraction of sp³-hybridized carbons (Fsp3) is 0.273. The van der Waals surface area contributed by atoms with E-state index in [1.54, 1.807) is 18.2 Å². The van der Waals surface area contributed by atoms with Crippen molar-refractivity contribution in [3.05, 3.63) is 30.3 Å². The Kier molecular flexibility index (Phi) is 4.85. The zero-order valence-corrected chi connectivity index (χ0v) is 10.4. The first-order chi connectivity index (χ1) is 8.42. The summed E-state index contributed by atoms with van der Waals surface area (Å²) in [6.07, 6.45) is -0.315. The van der Waals surface area contributed by atoms with E-state index in [1.165, 1.54) is 12.1 Å². The van der Waals surface area contributed by atoms with Gasteiger partial charge < -0.3 is 10.5 Å². The minimum atomic E-state index is -3.51. The van der Waals surface area contributed by atoms with Gasteiger partial charge in [0.15, 0.2) is 16.4 Å². The lowest BCUT2D eigenvalue weighted by molar-refractivity contribution is -0.147. The van der Waals surface area contributed by atoms with Crippen LogP contribution in [-0.2, 0) is 24.2 Å². The van der Waals surface area contributed by atoms with Crippen molar-refractivity contribution in [2.75, 3.05) is 12.4 Å². The van der Waals surface area contributed by atoms with Gasteiger partial charge in [-0.2, -0.15) is 0 Å². The highest BCUT2D eigenvalue weighted by atomic mass is 32.2. The van der Waals surface area contributed by atoms with E-state index in [9.17, 15) is 18.0 Å². The van der Waals surface area contributed by atoms with E-state index in [1.807, 2.05) is 0 Å². The second-order valence-electron chi connectivity index (χ2n) is 3.51. The van der Waals surface area contributed by atoms with Crippen LogP contribution in [0.5, 0.6) is 0 Å². The molecule has 1 aromatic rings. The number of hydrogen-bond acceptors (Lipinski definition) is 5. The van der Waals surface area contributed by atoms with Gasteiger partial charge in [0.2, 0.25) is 0 Å². The standard InChI is InChI=1S/C11H13NO5S/c12-10(13)8-17-11(14)6-7-18(15,16)9-4-2-1-3-5-9/h1-5H,6-8H2,(H2,12,13). The number of benzene rings is 1. The third kappa shape index (κ3) is 4.54. The van der Waals surface area contributed by atoms with Gasteiger partial charge in [0.25, 0.3) is 5.91 Å². The summed E-state index contributed by atoms with van der Waals surface area (Å²) in [4.78, 5) is 21.6. The summed E-state index contributed by atoms with van der Waals surface area (Å²) in [6.45, 7) is -0.537. The number of esters is 1. The van der Waals surface area contributed by atoms with E-state index in [0.717, 1.165) is 0 Å². The third-order valence-electron chi connectivity index (χ3n) is 2.05. The lowest BCUT2D eigenvalue weighted by Gasteiger charge is -2.04. The molecule has 0 aromatic heterocycles. The molecular weight excluding hydrogens is 258 g/mol. The molecule has 1 rings (SSSR count). The van der Waals surface area contributed by atoms with E-state index >= 15 is 0 Å². The zero-order valence-electron chi connectivity index (χ0n) is 9.53. The van der Waals surface area contributed by atoms with Crippen molar-refractivity contribution in [1.29, 1.82) is 0 Å². The summed E-state index contributed by atoms with van der Waals surface area (Å²) in [5, 5.41) is 0. The second kappa shape index (κ2) is 6.15. The topological polar surface area (TPSA) is 104 Å². The first-order valence-electron chi connectivity index (χ1n) is 5.13. The van der Waals surface area contributed by atoms with E-state index in [4.69, 9.17) is 5.73 Å². The molecule has 6 nitrogen and oxygen atoms in total. The van der Waals surface area contributed by atoms with E-state index in [2.05, 4.69) is 4.74 Å². The summed E-state index contributed by atoms with van der Waals surface area (Å²) in [5.41, 5.74) is 4.78. The molecular formula is C11H13NO5S. The van der Waals surface area contributed by atoms with E-state index in [0.29, 0.717) is 0 Å². The summed E-state index contributed by atoms with van der Waals surface area (Å²) in [6, 6.07) is 7.78. The lowest BCUT2D eigenvalue weighted by Crippen LogP contribution is -2.22. The maximum absolute atomic E-state index is 11.8. The molecule has 0 aliphatic heterocycles. The van der Waals surface area contributed by atoms with Crippen LogP contribution in [0.2, 0.25) is 0 Å². The van der Waals surface area contributed by atoms with Crippen LogP contribution >= 0.6 is 0 Å². The Hall–Kier alpha value is -1.89. The first kappa shape index (κ1) is 14.2. The number of ether oxygens (including phenoxy) is 1. The predicted molar refractivity (Wildman–Crippen MR) is 63.3 cm³/mol. The minimum absolute atomic E-state index is 0.146. The van der Waals surface area contributed by atoms with E-state index < -0.39 is 28.3 Å². The number of hydrogen-bond donors (Lipinski definition) is 1. The first-order valence-corrected chi connectivity index (χ1v) is 6.79. The number of nitrogens with two attached hydrogens (primary N) is 1. The molecule has 98 valence electrons. The van der Waals surface area contributed by atoms with Gasteiger partial charge >= 0.3 is 5.97 Å². The van der Waals surface area contributed by atoms with Crippen molar-refractivity contribution < 1.29 is 22.7 Å². The van der Waals surface area contributed by atoms with Gasteiger partial charge in [-0.1, -0.05) is 18.2 Å². The van der Waals surface area contributed by atoms with Crippen molar-refractivity contribution in [3.63, 3.8) is 0 Å². The molecule has 0 radical (unpaired) electrons. The number of amides is 1. The molecule has 0 heterocycles. The van der Waals surface area contributed by atoms with Gasteiger partial charge in [-0.25, -0.2) is 8.42 Å².